The molecule has 0 unspecified atom stereocenters. The number of carbonyl (C=O) groups is 2. The van der Waals surface area contributed by atoms with E-state index in [0.717, 1.165) is 29.7 Å². The SMILES string of the molecule is CCOC(=O)N[C@@H]1CCCN(C(=O)c2ccc3c(c2)nc(C)n3C)C1. The average Bonchev–Trinajstić information content (AvgIpc) is 2.88. The fourth-order valence-corrected chi connectivity index (χ4v) is 3.25. The van der Waals surface area contributed by atoms with Crippen LogP contribution in [0.25, 0.3) is 11.0 Å². The third-order valence-corrected chi connectivity index (χ3v) is 4.66. The van der Waals surface area contributed by atoms with Crippen LogP contribution in [-0.2, 0) is 11.8 Å². The molecule has 1 N–H and O–H groups in total. The largest absolute Gasteiger partial charge is 0.450 e. The van der Waals surface area contributed by atoms with Crippen LogP contribution in [0.5, 0.6) is 0 Å². The Morgan fingerprint density at radius 1 is 1.40 bits per heavy atom. The van der Waals surface area contributed by atoms with Crippen LogP contribution in [0.2, 0.25) is 0 Å². The molecule has 134 valence electrons. The molecule has 1 aliphatic heterocycles. The Labute approximate surface area is 147 Å². The van der Waals surface area contributed by atoms with Crippen molar-refractivity contribution in [3.63, 3.8) is 0 Å². The van der Waals surface area contributed by atoms with Crippen molar-refractivity contribution in [2.24, 2.45) is 7.05 Å². The molecule has 2 heterocycles. The van der Waals surface area contributed by atoms with Crippen LogP contribution in [0, 0.1) is 6.92 Å². The van der Waals surface area contributed by atoms with Crippen LogP contribution >= 0.6 is 0 Å². The Kier molecular flexibility index (Phi) is 4.92. The molecule has 0 spiro atoms. The van der Waals surface area contributed by atoms with Gasteiger partial charge in [0.2, 0.25) is 0 Å². The van der Waals surface area contributed by atoms with Crippen LogP contribution in [0.15, 0.2) is 18.2 Å². The molecule has 3 rings (SSSR count). The van der Waals surface area contributed by atoms with E-state index in [1.165, 1.54) is 0 Å². The Balaban J connectivity index is 1.72. The maximum absolute atomic E-state index is 12.8. The minimum absolute atomic E-state index is 0.0273. The summed E-state index contributed by atoms with van der Waals surface area (Å²) in [5.74, 6) is 0.886. The van der Waals surface area contributed by atoms with Crippen LogP contribution in [0.3, 0.4) is 0 Å². The minimum atomic E-state index is -0.424. The molecule has 1 aromatic heterocycles. The van der Waals surface area contributed by atoms with E-state index in [0.29, 0.717) is 25.3 Å². The van der Waals surface area contributed by atoms with Gasteiger partial charge >= 0.3 is 6.09 Å². The Morgan fingerprint density at radius 2 is 2.20 bits per heavy atom. The highest BCUT2D eigenvalue weighted by Crippen LogP contribution is 2.19. The number of fused-ring (bicyclic) bond motifs is 1. The van der Waals surface area contributed by atoms with Gasteiger partial charge in [-0.05, 0) is 44.9 Å². The van der Waals surface area contributed by atoms with Gasteiger partial charge in [-0.3, -0.25) is 4.79 Å². The molecule has 25 heavy (non-hydrogen) atoms. The first-order chi connectivity index (χ1) is 12.0. The van der Waals surface area contributed by atoms with Crippen molar-refractivity contribution in [2.75, 3.05) is 19.7 Å². The van der Waals surface area contributed by atoms with E-state index in [9.17, 15) is 9.59 Å². The highest BCUT2D eigenvalue weighted by atomic mass is 16.5. The number of aryl methyl sites for hydroxylation is 2. The van der Waals surface area contributed by atoms with E-state index in [-0.39, 0.29) is 11.9 Å². The Morgan fingerprint density at radius 3 is 2.96 bits per heavy atom. The maximum Gasteiger partial charge on any atom is 0.407 e. The summed E-state index contributed by atoms with van der Waals surface area (Å²) in [6, 6.07) is 5.54. The van der Waals surface area contributed by atoms with Crippen molar-refractivity contribution in [3.05, 3.63) is 29.6 Å². The van der Waals surface area contributed by atoms with Gasteiger partial charge in [-0.2, -0.15) is 0 Å². The Bertz CT molecular complexity index is 799. The van der Waals surface area contributed by atoms with Gasteiger partial charge in [-0.15, -0.1) is 0 Å². The number of hydrogen-bond acceptors (Lipinski definition) is 4. The van der Waals surface area contributed by atoms with Crippen molar-refractivity contribution >= 4 is 23.0 Å². The number of piperidine rings is 1. The van der Waals surface area contributed by atoms with Gasteiger partial charge < -0.3 is 19.5 Å². The number of nitrogens with one attached hydrogen (secondary N) is 1. The van der Waals surface area contributed by atoms with E-state index in [2.05, 4.69) is 10.3 Å². The molecule has 2 aromatic rings. The normalized spacial score (nSPS) is 17.6. The number of imidazole rings is 1. The molecule has 1 saturated heterocycles. The summed E-state index contributed by atoms with van der Waals surface area (Å²) in [6.45, 7) is 5.24. The van der Waals surface area contributed by atoms with Crippen LogP contribution in [-0.4, -0.2) is 52.2 Å². The first kappa shape index (κ1) is 17.3. The van der Waals surface area contributed by atoms with Gasteiger partial charge in [0.1, 0.15) is 5.82 Å². The molecule has 0 bridgehead atoms. The van der Waals surface area contributed by atoms with Gasteiger partial charge in [-0.25, -0.2) is 9.78 Å². The number of alkyl carbamates (subject to hydrolysis) is 1. The molecule has 1 atom stereocenters. The third kappa shape index (κ3) is 3.60. The van der Waals surface area contributed by atoms with E-state index in [4.69, 9.17) is 4.74 Å². The number of amides is 2. The summed E-state index contributed by atoms with van der Waals surface area (Å²) in [7, 11) is 1.96. The third-order valence-electron chi connectivity index (χ3n) is 4.66. The maximum atomic E-state index is 12.8. The van der Waals surface area contributed by atoms with Crippen LogP contribution in [0.1, 0.15) is 35.9 Å². The topological polar surface area (TPSA) is 76.5 Å². The molecule has 2 amide bonds. The smallest absolute Gasteiger partial charge is 0.407 e. The highest BCUT2D eigenvalue weighted by molar-refractivity contribution is 5.97. The van der Waals surface area contributed by atoms with E-state index < -0.39 is 6.09 Å². The van der Waals surface area contributed by atoms with Gasteiger partial charge in [-0.1, -0.05) is 0 Å². The second kappa shape index (κ2) is 7.13. The number of nitrogens with zero attached hydrogens (tertiary/aromatic N) is 3. The summed E-state index contributed by atoms with van der Waals surface area (Å²) in [5.41, 5.74) is 2.46. The highest BCUT2D eigenvalue weighted by Gasteiger charge is 2.26. The number of hydrogen-bond donors (Lipinski definition) is 1. The van der Waals surface area contributed by atoms with Gasteiger partial charge in [0.05, 0.1) is 17.6 Å². The lowest BCUT2D eigenvalue weighted by Gasteiger charge is -2.33. The molecule has 0 saturated carbocycles. The minimum Gasteiger partial charge on any atom is -0.450 e. The van der Waals surface area contributed by atoms with Crippen molar-refractivity contribution in [1.29, 1.82) is 0 Å². The molecule has 0 radical (unpaired) electrons. The first-order valence-corrected chi connectivity index (χ1v) is 8.65. The van der Waals surface area contributed by atoms with Crippen molar-refractivity contribution in [2.45, 2.75) is 32.7 Å². The molecular formula is C18H24N4O3. The molecule has 7 nitrogen and oxygen atoms in total. The summed E-state index contributed by atoms with van der Waals surface area (Å²) in [5, 5.41) is 2.83. The van der Waals surface area contributed by atoms with Gasteiger partial charge in [0.15, 0.2) is 0 Å². The average molecular weight is 344 g/mol. The van der Waals surface area contributed by atoms with Gasteiger partial charge in [0, 0.05) is 31.7 Å². The number of ether oxygens (including phenoxy) is 1. The van der Waals surface area contributed by atoms with Crippen LogP contribution in [0.4, 0.5) is 4.79 Å². The number of rotatable bonds is 3. The van der Waals surface area contributed by atoms with Crippen molar-refractivity contribution < 1.29 is 14.3 Å². The molecular weight excluding hydrogens is 320 g/mol. The molecule has 1 aromatic carbocycles. The first-order valence-electron chi connectivity index (χ1n) is 8.65. The van der Waals surface area contributed by atoms with Gasteiger partial charge in [0.25, 0.3) is 5.91 Å². The second-order valence-electron chi connectivity index (χ2n) is 6.38. The standard InChI is InChI=1S/C18H24N4O3/c1-4-25-18(24)20-14-6-5-9-22(11-14)17(23)13-7-8-16-15(10-13)19-12(2)21(16)3/h7-8,10,14H,4-6,9,11H2,1-3H3,(H,20,24)/t14-/m1/s1. The molecule has 1 aliphatic rings. The fraction of sp³-hybridized carbons (Fsp3) is 0.500. The fourth-order valence-electron chi connectivity index (χ4n) is 3.25. The summed E-state index contributed by atoms with van der Waals surface area (Å²) in [4.78, 5) is 30.7. The summed E-state index contributed by atoms with van der Waals surface area (Å²) >= 11 is 0. The monoisotopic (exact) mass is 344 g/mol. The predicted molar refractivity (Wildman–Crippen MR) is 94.5 cm³/mol. The van der Waals surface area contributed by atoms with E-state index in [1.54, 1.807) is 11.8 Å². The van der Waals surface area contributed by atoms with Crippen molar-refractivity contribution in [1.82, 2.24) is 19.8 Å². The lowest BCUT2D eigenvalue weighted by Crippen LogP contribution is -2.49. The zero-order valence-electron chi connectivity index (χ0n) is 14.9. The lowest BCUT2D eigenvalue weighted by atomic mass is 10.0. The number of carbonyl (C=O) groups excluding carboxylic acids is 2. The predicted octanol–water partition coefficient (Wildman–Crippen LogP) is 2.23. The number of likely N-dealkylation sites (tertiary alicyclic amines) is 1. The second-order valence-corrected chi connectivity index (χ2v) is 6.38. The molecule has 7 heteroatoms. The van der Waals surface area contributed by atoms with Crippen molar-refractivity contribution in [3.8, 4) is 0 Å². The van der Waals surface area contributed by atoms with E-state index in [1.807, 2.05) is 36.7 Å². The number of aromatic nitrogens is 2. The van der Waals surface area contributed by atoms with E-state index >= 15 is 0 Å². The zero-order valence-corrected chi connectivity index (χ0v) is 14.9. The molecule has 0 aliphatic carbocycles. The lowest BCUT2D eigenvalue weighted by molar-refractivity contribution is 0.0686. The zero-order chi connectivity index (χ0) is 18.0. The summed E-state index contributed by atoms with van der Waals surface area (Å²) in [6.07, 6.45) is 1.28. The number of benzene rings is 1. The van der Waals surface area contributed by atoms with Crippen LogP contribution < -0.4 is 5.32 Å². The summed E-state index contributed by atoms with van der Waals surface area (Å²) < 4.78 is 6.93. The quantitative estimate of drug-likeness (QED) is 0.926. The molecule has 1 fully saturated rings. The Hall–Kier alpha value is -2.57.